The Morgan fingerprint density at radius 1 is 1.04 bits per heavy atom. The van der Waals surface area contributed by atoms with E-state index in [0.717, 1.165) is 13.1 Å². The molecule has 0 bridgehead atoms. The summed E-state index contributed by atoms with van der Waals surface area (Å²) in [6.45, 7) is 17.7. The van der Waals surface area contributed by atoms with Crippen LogP contribution in [0, 0.1) is 11.8 Å². The van der Waals surface area contributed by atoms with Crippen LogP contribution in [0.25, 0.3) is 0 Å². The zero-order valence-electron chi connectivity index (χ0n) is 15.7. The summed E-state index contributed by atoms with van der Waals surface area (Å²) in [6, 6.07) is 0. The van der Waals surface area contributed by atoms with Gasteiger partial charge in [0.2, 0.25) is 0 Å². The van der Waals surface area contributed by atoms with Crippen LogP contribution in [-0.2, 0) is 3.76 Å². The average Bonchev–Trinajstić information content (AvgIpc) is 2.58. The van der Waals surface area contributed by atoms with Crippen LogP contribution in [0.15, 0.2) is 41.4 Å². The molecular weight excluding hydrogens is 345 g/mol. The fourth-order valence-corrected chi connectivity index (χ4v) is 8.72. The van der Waals surface area contributed by atoms with Gasteiger partial charge < -0.3 is 0 Å². The molecule has 4 heteroatoms. The molecule has 1 radical (unpaired) electrons. The van der Waals surface area contributed by atoms with Crippen LogP contribution in [0.4, 0.5) is 0 Å². The third-order valence-corrected chi connectivity index (χ3v) is 8.79. The number of rotatable bonds is 5. The van der Waals surface area contributed by atoms with Gasteiger partial charge in [0, 0.05) is 0 Å². The van der Waals surface area contributed by atoms with Crippen LogP contribution in [0.1, 0.15) is 48.5 Å². The quantitative estimate of drug-likeness (QED) is 0.528. The maximum atomic E-state index is 6.64. The summed E-state index contributed by atoms with van der Waals surface area (Å²) in [4.78, 5) is 0. The molecule has 3 nitrogen and oxygen atoms in total. The molecule has 1 fully saturated rings. The summed E-state index contributed by atoms with van der Waals surface area (Å²) in [7, 11) is 0. The van der Waals surface area contributed by atoms with Gasteiger partial charge in [0.15, 0.2) is 0 Å². The van der Waals surface area contributed by atoms with Crippen LogP contribution in [0.3, 0.4) is 0 Å². The van der Waals surface area contributed by atoms with Gasteiger partial charge in [0.05, 0.1) is 0 Å². The monoisotopic (exact) mass is 377 g/mol. The molecule has 0 spiro atoms. The third kappa shape index (κ3) is 4.79. The van der Waals surface area contributed by atoms with E-state index in [9.17, 15) is 0 Å². The molecule has 0 N–H and O–H groups in total. The summed E-state index contributed by atoms with van der Waals surface area (Å²) >= 11 is -2.07. The topological polar surface area (TPSA) is 15.7 Å². The van der Waals surface area contributed by atoms with Crippen LogP contribution in [0.2, 0.25) is 0 Å². The Morgan fingerprint density at radius 2 is 1.65 bits per heavy atom. The molecule has 0 aromatic rings. The summed E-state index contributed by atoms with van der Waals surface area (Å²) in [5, 5.41) is 0. The van der Waals surface area contributed by atoms with Gasteiger partial charge in [0.25, 0.3) is 0 Å². The van der Waals surface area contributed by atoms with E-state index >= 15 is 0 Å². The Balaban J connectivity index is 2.45. The number of hydrogen-bond acceptors (Lipinski definition) is 3. The van der Waals surface area contributed by atoms with Crippen LogP contribution in [-0.4, -0.2) is 41.5 Å². The fourth-order valence-electron chi connectivity index (χ4n) is 2.72. The Bertz CT molecular complexity index is 548. The van der Waals surface area contributed by atoms with E-state index in [0.29, 0.717) is 11.8 Å². The first kappa shape index (κ1) is 18.4. The zero-order chi connectivity index (χ0) is 17.2. The third-order valence-electron chi connectivity index (χ3n) is 3.44. The number of fused-ring (bicyclic) bond motifs is 1. The van der Waals surface area contributed by atoms with Gasteiger partial charge in [-0.2, -0.15) is 0 Å². The summed E-state index contributed by atoms with van der Waals surface area (Å²) < 4.78 is 11.7. The molecule has 0 atom stereocenters. The normalized spacial score (nSPS) is 18.7. The predicted octanol–water partition coefficient (Wildman–Crippen LogP) is 4.21. The van der Waals surface area contributed by atoms with Gasteiger partial charge in [-0.05, 0) is 0 Å². The number of hydrogen-bond donors (Lipinski definition) is 0. The van der Waals surface area contributed by atoms with E-state index in [1.165, 1.54) is 11.4 Å². The van der Waals surface area contributed by atoms with Gasteiger partial charge in [-0.1, -0.05) is 0 Å². The molecule has 0 aromatic heterocycles. The van der Waals surface area contributed by atoms with Crippen molar-refractivity contribution in [2.45, 2.75) is 54.1 Å². The van der Waals surface area contributed by atoms with Crippen molar-refractivity contribution in [2.24, 2.45) is 11.8 Å². The van der Waals surface area contributed by atoms with Gasteiger partial charge in [0.1, 0.15) is 0 Å². The van der Waals surface area contributed by atoms with Crippen LogP contribution in [0.5, 0.6) is 0 Å². The molecular formula is C19H31GeN2O. The van der Waals surface area contributed by atoms with E-state index in [2.05, 4.69) is 80.1 Å². The van der Waals surface area contributed by atoms with Crippen molar-refractivity contribution in [3.8, 4) is 0 Å². The summed E-state index contributed by atoms with van der Waals surface area (Å²) in [6.07, 6.45) is 8.43. The van der Waals surface area contributed by atoms with Gasteiger partial charge in [-0.3, -0.25) is 0 Å². The van der Waals surface area contributed by atoms with Crippen LogP contribution < -0.4 is 0 Å². The molecule has 23 heavy (non-hydrogen) atoms. The average molecular weight is 376 g/mol. The van der Waals surface area contributed by atoms with Crippen molar-refractivity contribution >= 4 is 15.1 Å². The van der Waals surface area contributed by atoms with Crippen LogP contribution >= 0.6 is 0 Å². The Kier molecular flexibility index (Phi) is 5.88. The summed E-state index contributed by atoms with van der Waals surface area (Å²) in [5.41, 5.74) is 5.90. The minimum absolute atomic E-state index is 0.121. The van der Waals surface area contributed by atoms with Crippen molar-refractivity contribution < 1.29 is 3.76 Å². The Hall–Kier alpha value is -0.897. The molecule has 0 aromatic carbocycles. The molecule has 127 valence electrons. The SMILES string of the molecule is CC(C)C[N]1C2=C=CC=CC=C2[N](CC(C)C)[Ge]1[O]C(C)(C)C. The van der Waals surface area contributed by atoms with Crippen molar-refractivity contribution in [1.29, 1.82) is 0 Å². The number of allylic oxidation sites excluding steroid dienone is 3. The molecule has 2 rings (SSSR count). The van der Waals surface area contributed by atoms with Gasteiger partial charge in [-0.25, -0.2) is 0 Å². The first-order valence-electron chi connectivity index (χ1n) is 8.64. The molecule has 1 aliphatic heterocycles. The van der Waals surface area contributed by atoms with Crippen molar-refractivity contribution in [1.82, 2.24) is 7.71 Å². The Labute approximate surface area is 147 Å². The van der Waals surface area contributed by atoms with Gasteiger partial charge in [-0.15, -0.1) is 0 Å². The molecule has 0 unspecified atom stereocenters. The van der Waals surface area contributed by atoms with Crippen molar-refractivity contribution in [3.63, 3.8) is 0 Å². The Morgan fingerprint density at radius 3 is 2.22 bits per heavy atom. The van der Waals surface area contributed by atoms with Gasteiger partial charge >= 0.3 is 147 Å². The first-order valence-corrected chi connectivity index (χ1v) is 11.4. The minimum atomic E-state index is -2.07. The molecule has 2 aliphatic rings. The summed E-state index contributed by atoms with van der Waals surface area (Å²) in [5.74, 6) is 1.21. The van der Waals surface area contributed by atoms with E-state index in [4.69, 9.17) is 3.76 Å². The second-order valence-corrected chi connectivity index (χ2v) is 12.0. The fraction of sp³-hybridized carbons (Fsp3) is 0.632. The molecule has 1 heterocycles. The first-order chi connectivity index (χ1) is 10.7. The molecule has 1 aliphatic carbocycles. The van der Waals surface area contributed by atoms with Crippen molar-refractivity contribution in [3.05, 3.63) is 41.4 Å². The predicted molar refractivity (Wildman–Crippen MR) is 98.5 cm³/mol. The van der Waals surface area contributed by atoms with Crippen molar-refractivity contribution in [2.75, 3.05) is 13.1 Å². The van der Waals surface area contributed by atoms with E-state index < -0.39 is 15.1 Å². The molecule has 1 saturated heterocycles. The second kappa shape index (κ2) is 7.33. The zero-order valence-corrected chi connectivity index (χ0v) is 17.8. The number of nitrogens with zero attached hydrogens (tertiary/aromatic N) is 2. The second-order valence-electron chi connectivity index (χ2n) is 8.10. The maximum absolute atomic E-state index is 6.64. The van der Waals surface area contributed by atoms with E-state index in [1.807, 2.05) is 6.08 Å². The van der Waals surface area contributed by atoms with E-state index in [1.54, 1.807) is 0 Å². The molecule has 0 amide bonds. The standard InChI is InChI=1S/C19H31GeN2O/c1-15(2)13-21-17-11-9-8-10-12-18(17)22(14-16(3)4)20(21)23-19(5,6)7/h8-11,15-16H,13-14H2,1-7H3. The molecule has 0 saturated carbocycles. The van der Waals surface area contributed by atoms with E-state index in [-0.39, 0.29) is 5.60 Å².